The lowest BCUT2D eigenvalue weighted by molar-refractivity contribution is 0.0327. The highest BCUT2D eigenvalue weighted by atomic mass is 32.1. The fraction of sp³-hybridized carbons (Fsp3) is 0.538. The van der Waals surface area contributed by atoms with Crippen molar-refractivity contribution in [2.75, 3.05) is 32.8 Å². The van der Waals surface area contributed by atoms with Gasteiger partial charge in [0, 0.05) is 31.9 Å². The quantitative estimate of drug-likeness (QED) is 0.872. The van der Waals surface area contributed by atoms with Crippen molar-refractivity contribution in [3.8, 4) is 0 Å². The Morgan fingerprint density at radius 1 is 1.47 bits per heavy atom. The van der Waals surface area contributed by atoms with Crippen LogP contribution in [0.25, 0.3) is 11.2 Å². The molecule has 6 heteroatoms. The van der Waals surface area contributed by atoms with E-state index in [2.05, 4.69) is 26.4 Å². The lowest BCUT2D eigenvalue weighted by Crippen LogP contribution is -2.39. The maximum atomic E-state index is 5.42. The van der Waals surface area contributed by atoms with Crippen molar-refractivity contribution in [1.82, 2.24) is 19.4 Å². The van der Waals surface area contributed by atoms with E-state index in [0.29, 0.717) is 6.04 Å². The number of hydrogen-bond donors (Lipinski definition) is 1. The lowest BCUT2D eigenvalue weighted by atomic mass is 10.3. The molecule has 1 unspecified atom stereocenters. The van der Waals surface area contributed by atoms with Gasteiger partial charge in [0.05, 0.1) is 18.7 Å². The number of H-pyrrole nitrogens is 1. The summed E-state index contributed by atoms with van der Waals surface area (Å²) in [4.78, 5) is 10.1. The number of rotatable bonds is 3. The molecule has 0 aliphatic carbocycles. The summed E-state index contributed by atoms with van der Waals surface area (Å²) in [7, 11) is 0. The number of morpholine rings is 1. The van der Waals surface area contributed by atoms with Gasteiger partial charge in [0.15, 0.2) is 10.4 Å². The van der Waals surface area contributed by atoms with Gasteiger partial charge in [0.1, 0.15) is 0 Å². The van der Waals surface area contributed by atoms with Gasteiger partial charge in [-0.2, -0.15) is 0 Å². The van der Waals surface area contributed by atoms with Gasteiger partial charge in [-0.1, -0.05) is 0 Å². The molecular weight excluding hydrogens is 260 g/mol. The van der Waals surface area contributed by atoms with E-state index < -0.39 is 0 Å². The van der Waals surface area contributed by atoms with E-state index in [1.54, 1.807) is 0 Å². The van der Waals surface area contributed by atoms with Gasteiger partial charge in [-0.3, -0.25) is 9.47 Å². The largest absolute Gasteiger partial charge is 0.379 e. The number of aromatic nitrogens is 3. The molecule has 1 N–H and O–H groups in total. The molecule has 1 aliphatic rings. The fourth-order valence-electron chi connectivity index (χ4n) is 2.61. The number of fused-ring (bicyclic) bond motifs is 1. The predicted molar refractivity (Wildman–Crippen MR) is 76.9 cm³/mol. The molecule has 2 aromatic heterocycles. The summed E-state index contributed by atoms with van der Waals surface area (Å²) in [6.45, 7) is 6.80. The van der Waals surface area contributed by atoms with Gasteiger partial charge >= 0.3 is 0 Å². The Morgan fingerprint density at radius 3 is 3.05 bits per heavy atom. The van der Waals surface area contributed by atoms with Crippen molar-refractivity contribution in [3.63, 3.8) is 0 Å². The number of pyridine rings is 1. The maximum Gasteiger partial charge on any atom is 0.179 e. The Morgan fingerprint density at radius 2 is 2.26 bits per heavy atom. The zero-order chi connectivity index (χ0) is 13.2. The Kier molecular flexibility index (Phi) is 3.63. The Bertz CT molecular complexity index is 614. The summed E-state index contributed by atoms with van der Waals surface area (Å²) in [5, 5.41) is 0. The van der Waals surface area contributed by atoms with Crippen LogP contribution in [0.1, 0.15) is 13.0 Å². The highest BCUT2D eigenvalue weighted by Crippen LogP contribution is 2.18. The van der Waals surface area contributed by atoms with Crippen LogP contribution in [0.3, 0.4) is 0 Å². The van der Waals surface area contributed by atoms with Crippen molar-refractivity contribution in [2.45, 2.75) is 13.0 Å². The maximum absolute atomic E-state index is 5.42. The molecule has 3 rings (SSSR count). The lowest BCUT2D eigenvalue weighted by Gasteiger charge is -2.29. The normalized spacial score (nSPS) is 18.8. The van der Waals surface area contributed by atoms with Gasteiger partial charge in [-0.25, -0.2) is 4.98 Å². The zero-order valence-corrected chi connectivity index (χ0v) is 11.8. The average molecular weight is 278 g/mol. The number of hydrogen-bond acceptors (Lipinski definition) is 4. The number of nitrogens with zero attached hydrogens (tertiary/aromatic N) is 3. The van der Waals surface area contributed by atoms with Gasteiger partial charge in [0.25, 0.3) is 0 Å². The molecule has 0 amide bonds. The second kappa shape index (κ2) is 5.40. The van der Waals surface area contributed by atoms with Crippen molar-refractivity contribution >= 4 is 23.4 Å². The summed E-state index contributed by atoms with van der Waals surface area (Å²) < 4.78 is 8.23. The molecule has 0 aromatic carbocycles. The molecule has 5 nitrogen and oxygen atoms in total. The summed E-state index contributed by atoms with van der Waals surface area (Å²) >= 11 is 5.42. The monoisotopic (exact) mass is 278 g/mol. The first-order valence-corrected chi connectivity index (χ1v) is 7.02. The predicted octanol–water partition coefficient (Wildman–Crippen LogP) is 1.99. The topological polar surface area (TPSA) is 46.1 Å². The van der Waals surface area contributed by atoms with Crippen molar-refractivity contribution in [1.29, 1.82) is 0 Å². The minimum absolute atomic E-state index is 0.300. The Hall–Kier alpha value is -1.24. The van der Waals surface area contributed by atoms with Crippen LogP contribution in [-0.4, -0.2) is 52.3 Å². The van der Waals surface area contributed by atoms with Crippen molar-refractivity contribution in [2.24, 2.45) is 0 Å². The molecule has 102 valence electrons. The standard InChI is InChI=1S/C13H18N4OS/c1-10(9-16-5-7-18-8-6-16)17-12-11(15-13(17)19)3-2-4-14-12/h2-4,10H,5-9H2,1H3,(H,15,19). The van der Waals surface area contributed by atoms with Crippen LogP contribution < -0.4 is 0 Å². The highest BCUT2D eigenvalue weighted by Gasteiger charge is 2.17. The third-order valence-corrected chi connectivity index (χ3v) is 3.84. The number of ether oxygens (including phenoxy) is 1. The number of nitrogens with one attached hydrogen (secondary N) is 1. The van der Waals surface area contributed by atoms with E-state index in [0.717, 1.165) is 48.8 Å². The zero-order valence-electron chi connectivity index (χ0n) is 11.0. The summed E-state index contributed by atoms with van der Waals surface area (Å²) in [6.07, 6.45) is 1.81. The molecule has 0 radical (unpaired) electrons. The first kappa shape index (κ1) is 12.8. The van der Waals surface area contributed by atoms with E-state index in [9.17, 15) is 0 Å². The van der Waals surface area contributed by atoms with E-state index >= 15 is 0 Å². The number of imidazole rings is 1. The molecule has 1 saturated heterocycles. The molecule has 1 fully saturated rings. The van der Waals surface area contributed by atoms with Gasteiger partial charge in [-0.15, -0.1) is 0 Å². The van der Waals surface area contributed by atoms with Crippen LogP contribution in [0.2, 0.25) is 0 Å². The third kappa shape index (κ3) is 2.56. The minimum atomic E-state index is 0.300. The fourth-order valence-corrected chi connectivity index (χ4v) is 2.98. The van der Waals surface area contributed by atoms with Gasteiger partial charge in [0.2, 0.25) is 0 Å². The van der Waals surface area contributed by atoms with Crippen LogP contribution >= 0.6 is 12.2 Å². The second-order valence-electron chi connectivity index (χ2n) is 4.94. The summed E-state index contributed by atoms with van der Waals surface area (Å²) in [5.74, 6) is 0. The van der Waals surface area contributed by atoms with Crippen molar-refractivity contribution in [3.05, 3.63) is 23.1 Å². The van der Waals surface area contributed by atoms with E-state index in [4.69, 9.17) is 17.0 Å². The average Bonchev–Trinajstić information content (AvgIpc) is 2.75. The Balaban J connectivity index is 1.86. The summed E-state index contributed by atoms with van der Waals surface area (Å²) in [6, 6.07) is 4.23. The van der Waals surface area contributed by atoms with E-state index in [1.807, 2.05) is 18.3 Å². The third-order valence-electron chi connectivity index (χ3n) is 3.54. The molecule has 0 saturated carbocycles. The van der Waals surface area contributed by atoms with Crippen LogP contribution in [-0.2, 0) is 4.74 Å². The second-order valence-corrected chi connectivity index (χ2v) is 5.32. The van der Waals surface area contributed by atoms with Crippen molar-refractivity contribution < 1.29 is 4.74 Å². The molecule has 3 heterocycles. The minimum Gasteiger partial charge on any atom is -0.379 e. The molecular formula is C13H18N4OS. The van der Waals surface area contributed by atoms with Crippen LogP contribution in [0.4, 0.5) is 0 Å². The molecule has 0 bridgehead atoms. The highest BCUT2D eigenvalue weighted by molar-refractivity contribution is 7.71. The number of aromatic amines is 1. The SMILES string of the molecule is CC(CN1CCOCC1)n1c(=S)[nH]c2cccnc21. The van der Waals surface area contributed by atoms with Crippen LogP contribution in [0, 0.1) is 4.77 Å². The van der Waals surface area contributed by atoms with Gasteiger partial charge in [-0.05, 0) is 31.3 Å². The first-order valence-electron chi connectivity index (χ1n) is 6.61. The molecule has 1 atom stereocenters. The van der Waals surface area contributed by atoms with Crippen LogP contribution in [0.15, 0.2) is 18.3 Å². The van der Waals surface area contributed by atoms with E-state index in [-0.39, 0.29) is 0 Å². The summed E-state index contributed by atoms with van der Waals surface area (Å²) in [5.41, 5.74) is 1.94. The molecule has 2 aromatic rings. The van der Waals surface area contributed by atoms with Gasteiger partial charge < -0.3 is 9.72 Å². The van der Waals surface area contributed by atoms with E-state index in [1.165, 1.54) is 0 Å². The smallest absolute Gasteiger partial charge is 0.179 e. The Labute approximate surface area is 117 Å². The molecule has 1 aliphatic heterocycles. The van der Waals surface area contributed by atoms with Crippen LogP contribution in [0.5, 0.6) is 0 Å². The molecule has 19 heavy (non-hydrogen) atoms. The first-order chi connectivity index (χ1) is 9.25. The molecule has 0 spiro atoms.